The van der Waals surface area contributed by atoms with E-state index in [9.17, 15) is 30.7 Å². The predicted molar refractivity (Wildman–Crippen MR) is 24.1 cm³/mol. The Morgan fingerprint density at radius 1 is 0.923 bits per heavy atom. The quantitative estimate of drug-likeness (QED) is 0.728. The lowest BCUT2D eigenvalue weighted by Gasteiger charge is -2.20. The third-order valence-electron chi connectivity index (χ3n) is 0.757. The molecule has 0 unspecified atom stereocenters. The van der Waals surface area contributed by atoms with E-state index in [1.165, 1.54) is 0 Å². The molecule has 13 heavy (non-hydrogen) atoms. The number of aliphatic hydroxyl groups is 1. The van der Waals surface area contributed by atoms with Gasteiger partial charge in [-0.05, 0) is 0 Å². The molecule has 0 saturated carbocycles. The van der Waals surface area contributed by atoms with E-state index >= 15 is 0 Å². The van der Waals surface area contributed by atoms with E-state index in [4.69, 9.17) is 5.11 Å². The lowest BCUT2D eigenvalue weighted by Crippen LogP contribution is -2.42. The SMILES string of the molecule is OC(F)(F)COC(F)(F)C(F)(F)F. The minimum Gasteiger partial charge on any atom is -0.334 e. The van der Waals surface area contributed by atoms with Crippen LogP contribution in [0.1, 0.15) is 0 Å². The zero-order valence-corrected chi connectivity index (χ0v) is 5.71. The van der Waals surface area contributed by atoms with Crippen molar-refractivity contribution in [1.29, 1.82) is 0 Å². The highest BCUT2D eigenvalue weighted by Crippen LogP contribution is 2.36. The van der Waals surface area contributed by atoms with Gasteiger partial charge >= 0.3 is 18.4 Å². The van der Waals surface area contributed by atoms with Crippen LogP contribution >= 0.6 is 0 Å². The van der Waals surface area contributed by atoms with Crippen LogP contribution in [-0.4, -0.2) is 30.1 Å². The Kier molecular flexibility index (Phi) is 3.15. The van der Waals surface area contributed by atoms with Crippen LogP contribution in [0.25, 0.3) is 0 Å². The maximum atomic E-state index is 11.7. The first-order chi connectivity index (χ1) is 5.46. The van der Waals surface area contributed by atoms with E-state index in [1.54, 1.807) is 0 Å². The largest absolute Gasteiger partial charge is 0.482 e. The highest BCUT2D eigenvalue weighted by Gasteiger charge is 2.60. The molecule has 0 amide bonds. The van der Waals surface area contributed by atoms with E-state index in [0.717, 1.165) is 0 Å². The molecule has 9 heteroatoms. The van der Waals surface area contributed by atoms with Crippen LogP contribution in [0.5, 0.6) is 0 Å². The van der Waals surface area contributed by atoms with Crippen molar-refractivity contribution in [2.24, 2.45) is 0 Å². The van der Waals surface area contributed by atoms with Gasteiger partial charge < -0.3 is 9.84 Å². The Labute approximate surface area is 66.9 Å². The van der Waals surface area contributed by atoms with E-state index in [1.807, 2.05) is 0 Å². The first-order valence-corrected chi connectivity index (χ1v) is 2.64. The molecule has 0 radical (unpaired) electrons. The smallest absolute Gasteiger partial charge is 0.334 e. The van der Waals surface area contributed by atoms with Gasteiger partial charge in [0.1, 0.15) is 6.61 Å². The lowest BCUT2D eigenvalue weighted by molar-refractivity contribution is -0.409. The first kappa shape index (κ1) is 12.4. The van der Waals surface area contributed by atoms with Crippen LogP contribution in [0.4, 0.5) is 30.7 Å². The first-order valence-electron chi connectivity index (χ1n) is 2.64. The highest BCUT2D eigenvalue weighted by molar-refractivity contribution is 4.64. The number of ether oxygens (including phenoxy) is 1. The second kappa shape index (κ2) is 3.29. The lowest BCUT2D eigenvalue weighted by atomic mass is 10.6. The molecule has 0 atom stereocenters. The summed E-state index contributed by atoms with van der Waals surface area (Å²) in [6, 6.07) is 0. The summed E-state index contributed by atoms with van der Waals surface area (Å²) in [7, 11) is 0. The fraction of sp³-hybridized carbons (Fsp3) is 1.00. The molecule has 0 spiro atoms. The van der Waals surface area contributed by atoms with Gasteiger partial charge in [0.2, 0.25) is 0 Å². The van der Waals surface area contributed by atoms with Crippen molar-refractivity contribution in [2.75, 3.05) is 6.61 Å². The third-order valence-corrected chi connectivity index (χ3v) is 0.757. The minimum atomic E-state index is -6.09. The van der Waals surface area contributed by atoms with E-state index in [-0.39, 0.29) is 0 Å². The van der Waals surface area contributed by atoms with Gasteiger partial charge in [0.05, 0.1) is 0 Å². The summed E-state index contributed by atoms with van der Waals surface area (Å²) in [5, 5.41) is 7.49. The predicted octanol–water partition coefficient (Wildman–Crippen LogP) is 1.74. The number of rotatable bonds is 3. The third kappa shape index (κ3) is 4.27. The van der Waals surface area contributed by atoms with Gasteiger partial charge in [0, 0.05) is 0 Å². The van der Waals surface area contributed by atoms with Crippen molar-refractivity contribution in [3.8, 4) is 0 Å². The summed E-state index contributed by atoms with van der Waals surface area (Å²) in [5.41, 5.74) is 0. The van der Waals surface area contributed by atoms with Gasteiger partial charge in [-0.3, -0.25) is 0 Å². The van der Waals surface area contributed by atoms with Gasteiger partial charge in [-0.25, -0.2) is 0 Å². The summed E-state index contributed by atoms with van der Waals surface area (Å²) in [4.78, 5) is 0. The molecule has 0 aromatic carbocycles. The second-order valence-electron chi connectivity index (χ2n) is 1.97. The summed E-state index contributed by atoms with van der Waals surface area (Å²) < 4.78 is 82.2. The van der Waals surface area contributed by atoms with Crippen molar-refractivity contribution in [2.45, 2.75) is 18.4 Å². The molecule has 0 aliphatic heterocycles. The fourth-order valence-corrected chi connectivity index (χ4v) is 0.259. The van der Waals surface area contributed by atoms with Crippen molar-refractivity contribution in [3.63, 3.8) is 0 Å². The van der Waals surface area contributed by atoms with E-state index in [0.29, 0.717) is 0 Å². The van der Waals surface area contributed by atoms with E-state index < -0.39 is 25.0 Å². The molecule has 0 aliphatic rings. The Morgan fingerprint density at radius 2 is 1.31 bits per heavy atom. The van der Waals surface area contributed by atoms with Crippen LogP contribution in [0.2, 0.25) is 0 Å². The van der Waals surface area contributed by atoms with Crippen LogP contribution in [0.15, 0.2) is 0 Å². The minimum absolute atomic E-state index is 2.43. The Bertz CT molecular complexity index is 168. The Hall–Kier alpha value is -0.570. The fourth-order valence-electron chi connectivity index (χ4n) is 0.259. The van der Waals surface area contributed by atoms with Crippen LogP contribution in [-0.2, 0) is 4.74 Å². The van der Waals surface area contributed by atoms with Crippen molar-refractivity contribution in [1.82, 2.24) is 0 Å². The number of halogens is 7. The van der Waals surface area contributed by atoms with Crippen molar-refractivity contribution >= 4 is 0 Å². The molecule has 0 aliphatic carbocycles. The monoisotopic (exact) mass is 216 g/mol. The molecule has 0 heterocycles. The van der Waals surface area contributed by atoms with Gasteiger partial charge in [-0.1, -0.05) is 0 Å². The number of alkyl halides is 7. The molecule has 0 aromatic rings. The number of hydrogen-bond donors (Lipinski definition) is 1. The Balaban J connectivity index is 4.21. The average molecular weight is 216 g/mol. The molecule has 0 saturated heterocycles. The second-order valence-corrected chi connectivity index (χ2v) is 1.97. The molecular formula is C4H3F7O2. The van der Waals surface area contributed by atoms with Crippen LogP contribution in [0, 0.1) is 0 Å². The summed E-state index contributed by atoms with van der Waals surface area (Å²) in [5.74, 6) is 0. The maximum Gasteiger partial charge on any atom is 0.482 e. The van der Waals surface area contributed by atoms with E-state index in [2.05, 4.69) is 4.74 Å². The van der Waals surface area contributed by atoms with Gasteiger partial charge in [0.15, 0.2) is 0 Å². The normalized spacial score (nSPS) is 14.8. The molecule has 1 N–H and O–H groups in total. The standard InChI is InChI=1S/C4H3F7O2/c5-2(6,12)1-13-4(10,11)3(7,8)9/h12H,1H2. The topological polar surface area (TPSA) is 29.5 Å². The van der Waals surface area contributed by atoms with Crippen LogP contribution in [0.3, 0.4) is 0 Å². The highest BCUT2D eigenvalue weighted by atomic mass is 19.4. The summed E-state index contributed by atoms with van der Waals surface area (Å²) in [6.45, 7) is -2.43. The molecular weight excluding hydrogens is 213 g/mol. The molecule has 0 rings (SSSR count). The average Bonchev–Trinajstić information content (AvgIpc) is 1.79. The molecule has 80 valence electrons. The Morgan fingerprint density at radius 3 is 1.54 bits per heavy atom. The van der Waals surface area contributed by atoms with Gasteiger partial charge in [-0.15, -0.1) is 0 Å². The van der Waals surface area contributed by atoms with Gasteiger partial charge in [-0.2, -0.15) is 30.7 Å². The van der Waals surface area contributed by atoms with Crippen molar-refractivity contribution in [3.05, 3.63) is 0 Å². The summed E-state index contributed by atoms with van der Waals surface area (Å²) >= 11 is 0. The molecule has 0 fully saturated rings. The maximum absolute atomic E-state index is 11.7. The number of hydrogen-bond acceptors (Lipinski definition) is 2. The zero-order chi connectivity index (χ0) is 10.9. The molecule has 2 nitrogen and oxygen atoms in total. The van der Waals surface area contributed by atoms with Crippen molar-refractivity contribution < 1.29 is 40.6 Å². The molecule has 0 bridgehead atoms. The summed E-state index contributed by atoms with van der Waals surface area (Å²) in [6.07, 6.45) is -16.5. The van der Waals surface area contributed by atoms with Crippen LogP contribution < -0.4 is 0 Å². The molecule has 0 aromatic heterocycles. The van der Waals surface area contributed by atoms with Gasteiger partial charge in [0.25, 0.3) is 0 Å². The zero-order valence-electron chi connectivity index (χ0n) is 5.71.